The molecule has 1 aromatic carbocycles. The number of amides is 1. The average molecular weight is 435 g/mol. The summed E-state index contributed by atoms with van der Waals surface area (Å²) in [7, 11) is 3.76. The lowest BCUT2D eigenvalue weighted by Gasteiger charge is -2.40. The lowest BCUT2D eigenvalue weighted by molar-refractivity contribution is -0.119. The Morgan fingerprint density at radius 1 is 1.31 bits per heavy atom. The Morgan fingerprint density at radius 2 is 2.09 bits per heavy atom. The minimum absolute atomic E-state index is 0.0271. The van der Waals surface area contributed by atoms with Gasteiger partial charge < -0.3 is 26.1 Å². The van der Waals surface area contributed by atoms with E-state index >= 15 is 0 Å². The quantitative estimate of drug-likeness (QED) is 0.603. The van der Waals surface area contributed by atoms with Gasteiger partial charge in [0, 0.05) is 53.5 Å². The number of aromatic nitrogens is 1. The average Bonchev–Trinajstić information content (AvgIpc) is 3.09. The van der Waals surface area contributed by atoms with E-state index < -0.39 is 0 Å². The molecule has 0 bridgehead atoms. The predicted octanol–water partition coefficient (Wildman–Crippen LogP) is 2.58. The van der Waals surface area contributed by atoms with E-state index in [4.69, 9.17) is 15.9 Å². The number of likely N-dealkylation sites (tertiary alicyclic amines) is 1. The molecule has 32 heavy (non-hydrogen) atoms. The van der Waals surface area contributed by atoms with Gasteiger partial charge in [-0.05, 0) is 57.2 Å². The first-order valence-corrected chi connectivity index (χ1v) is 10.8. The number of benzene rings is 1. The Kier molecular flexibility index (Phi) is 6.14. The second kappa shape index (κ2) is 9.00. The molecule has 8 heteroatoms. The zero-order valence-corrected chi connectivity index (χ0v) is 18.5. The summed E-state index contributed by atoms with van der Waals surface area (Å²) in [4.78, 5) is 22.3. The molecule has 2 aliphatic rings. The van der Waals surface area contributed by atoms with E-state index in [0.717, 1.165) is 42.9 Å². The van der Waals surface area contributed by atoms with Gasteiger partial charge in [-0.1, -0.05) is 6.07 Å². The van der Waals surface area contributed by atoms with Crippen LogP contribution in [0.1, 0.15) is 18.4 Å². The van der Waals surface area contributed by atoms with Crippen molar-refractivity contribution >= 4 is 29.2 Å². The van der Waals surface area contributed by atoms with Crippen LogP contribution in [0.5, 0.6) is 5.75 Å². The summed E-state index contributed by atoms with van der Waals surface area (Å²) in [6, 6.07) is 11.0. The van der Waals surface area contributed by atoms with E-state index in [9.17, 15) is 4.79 Å². The van der Waals surface area contributed by atoms with Crippen LogP contribution in [0.25, 0.3) is 5.57 Å². The molecular formula is C24H30N6O2. The van der Waals surface area contributed by atoms with E-state index in [-0.39, 0.29) is 17.4 Å². The van der Waals surface area contributed by atoms with Crippen molar-refractivity contribution in [2.24, 2.45) is 11.1 Å². The van der Waals surface area contributed by atoms with Crippen molar-refractivity contribution in [3.8, 4) is 5.75 Å². The van der Waals surface area contributed by atoms with Gasteiger partial charge in [0.1, 0.15) is 17.6 Å². The highest BCUT2D eigenvalue weighted by Crippen LogP contribution is 2.44. The topological polar surface area (TPSA) is 108 Å². The molecular weight excluding hydrogens is 404 g/mol. The fourth-order valence-electron chi connectivity index (χ4n) is 4.64. The summed E-state index contributed by atoms with van der Waals surface area (Å²) >= 11 is 0. The molecule has 2 saturated heterocycles. The van der Waals surface area contributed by atoms with E-state index in [1.54, 1.807) is 18.2 Å². The lowest BCUT2D eigenvalue weighted by Crippen LogP contribution is -2.48. The van der Waals surface area contributed by atoms with Gasteiger partial charge in [-0.2, -0.15) is 0 Å². The smallest absolute Gasteiger partial charge is 0.251 e. The molecule has 2 aliphatic heterocycles. The van der Waals surface area contributed by atoms with Gasteiger partial charge in [0.15, 0.2) is 0 Å². The Balaban J connectivity index is 1.64. The van der Waals surface area contributed by atoms with Crippen LogP contribution in [0.3, 0.4) is 0 Å². The fourth-order valence-corrected chi connectivity index (χ4v) is 4.64. The Bertz CT molecular complexity index is 1010. The molecule has 0 saturated carbocycles. The number of nitrogens with zero attached hydrogens (tertiary/aromatic N) is 3. The van der Waals surface area contributed by atoms with Gasteiger partial charge >= 0.3 is 0 Å². The third-order valence-electron chi connectivity index (χ3n) is 6.65. The number of methoxy groups -OCH3 is 1. The van der Waals surface area contributed by atoms with Crippen LogP contribution < -0.4 is 20.7 Å². The molecule has 0 aliphatic carbocycles. The third-order valence-corrected chi connectivity index (χ3v) is 6.65. The second-order valence-electron chi connectivity index (χ2n) is 8.57. The zero-order chi connectivity index (χ0) is 22.7. The molecule has 2 aromatic rings. The van der Waals surface area contributed by atoms with Gasteiger partial charge in [-0.15, -0.1) is 0 Å². The highest BCUT2D eigenvalue weighted by Gasteiger charge is 2.53. The van der Waals surface area contributed by atoms with Crippen LogP contribution in [-0.2, 0) is 4.79 Å². The molecule has 1 unspecified atom stereocenters. The molecule has 2 fully saturated rings. The van der Waals surface area contributed by atoms with Gasteiger partial charge in [0.2, 0.25) is 0 Å². The molecule has 8 nitrogen and oxygen atoms in total. The number of nitrogens with one attached hydrogen (secondary N) is 2. The highest BCUT2D eigenvalue weighted by atomic mass is 16.5. The van der Waals surface area contributed by atoms with E-state index in [1.165, 1.54) is 12.4 Å². The molecule has 4 rings (SSSR count). The van der Waals surface area contributed by atoms with Crippen LogP contribution in [0.2, 0.25) is 0 Å². The first kappa shape index (κ1) is 21.8. The predicted molar refractivity (Wildman–Crippen MR) is 127 cm³/mol. The zero-order valence-electron chi connectivity index (χ0n) is 18.5. The number of carbonyl (C=O) groups is 1. The number of allylic oxidation sites excluding steroid dienone is 1. The number of carbonyl (C=O) groups excluding carboxylic acids is 1. The SMILES string of the molecule is COc1cccc(NC2C(=O)N(c3ccc(/C(C=N)=C/N)cn3)CC23CCN(C)CC3)c1. The summed E-state index contributed by atoms with van der Waals surface area (Å²) in [6.45, 7) is 2.53. The molecule has 1 atom stereocenters. The van der Waals surface area contributed by atoms with Crippen molar-refractivity contribution in [1.82, 2.24) is 9.88 Å². The Labute approximate surface area is 188 Å². The standard InChI is InChI=1S/C24H30N6O2/c1-29-10-8-24(9-11-29)16-30(21-7-6-17(15-27-21)18(13-25)14-26)23(31)22(24)28-19-4-3-5-20(12-19)32-2/h3-7,12-15,22,25,28H,8-11,16,26H2,1-2H3/b18-14+,25-13?. The van der Waals surface area contributed by atoms with Crippen molar-refractivity contribution in [1.29, 1.82) is 5.41 Å². The number of hydrogen-bond acceptors (Lipinski definition) is 7. The maximum atomic E-state index is 13.7. The van der Waals surface area contributed by atoms with Crippen LogP contribution in [0, 0.1) is 10.8 Å². The van der Waals surface area contributed by atoms with Crippen LogP contribution in [0.4, 0.5) is 11.5 Å². The monoisotopic (exact) mass is 434 g/mol. The summed E-state index contributed by atoms with van der Waals surface area (Å²) in [6.07, 6.45) is 6.10. The van der Waals surface area contributed by atoms with Crippen LogP contribution >= 0.6 is 0 Å². The second-order valence-corrected chi connectivity index (χ2v) is 8.57. The molecule has 1 amide bonds. The Hall–Kier alpha value is -3.39. The number of pyridine rings is 1. The normalized spacial score (nSPS) is 21.1. The number of ether oxygens (including phenoxy) is 1. The Morgan fingerprint density at radius 3 is 2.72 bits per heavy atom. The maximum Gasteiger partial charge on any atom is 0.251 e. The van der Waals surface area contributed by atoms with Gasteiger partial charge in [0.25, 0.3) is 5.91 Å². The summed E-state index contributed by atoms with van der Waals surface area (Å²) < 4.78 is 5.36. The lowest BCUT2D eigenvalue weighted by atomic mass is 9.74. The molecule has 3 heterocycles. The minimum atomic E-state index is -0.342. The maximum absolute atomic E-state index is 13.7. The van der Waals surface area contributed by atoms with Gasteiger partial charge in [-0.25, -0.2) is 4.98 Å². The number of rotatable bonds is 6. The van der Waals surface area contributed by atoms with Crippen molar-refractivity contribution in [3.63, 3.8) is 0 Å². The fraction of sp³-hybridized carbons (Fsp3) is 0.375. The molecule has 0 radical (unpaired) electrons. The van der Waals surface area contributed by atoms with E-state index in [2.05, 4.69) is 22.2 Å². The highest BCUT2D eigenvalue weighted by molar-refractivity contribution is 6.08. The van der Waals surface area contributed by atoms with Gasteiger partial charge in [0.05, 0.1) is 7.11 Å². The van der Waals surface area contributed by atoms with E-state index in [1.807, 2.05) is 36.4 Å². The largest absolute Gasteiger partial charge is 0.497 e. The molecule has 1 aromatic heterocycles. The first-order valence-electron chi connectivity index (χ1n) is 10.8. The number of nitrogens with two attached hydrogens (primary N) is 1. The molecule has 4 N–H and O–H groups in total. The van der Waals surface area contributed by atoms with Crippen molar-refractivity contribution in [3.05, 3.63) is 54.4 Å². The molecule has 168 valence electrons. The summed E-state index contributed by atoms with van der Waals surface area (Å²) in [5, 5.41) is 11.0. The number of piperidine rings is 1. The minimum Gasteiger partial charge on any atom is -0.497 e. The van der Waals surface area contributed by atoms with Gasteiger partial charge in [-0.3, -0.25) is 9.69 Å². The molecule has 1 spiro atoms. The van der Waals surface area contributed by atoms with Crippen LogP contribution in [0.15, 0.2) is 48.8 Å². The van der Waals surface area contributed by atoms with Crippen molar-refractivity contribution in [2.45, 2.75) is 18.9 Å². The summed E-state index contributed by atoms with van der Waals surface area (Å²) in [5.41, 5.74) is 7.61. The number of hydrogen-bond donors (Lipinski definition) is 3. The van der Waals surface area contributed by atoms with Crippen LogP contribution in [-0.4, -0.2) is 61.8 Å². The summed E-state index contributed by atoms with van der Waals surface area (Å²) in [5.74, 6) is 1.40. The van der Waals surface area contributed by atoms with E-state index in [0.29, 0.717) is 17.9 Å². The van der Waals surface area contributed by atoms with Crippen molar-refractivity contribution in [2.75, 3.05) is 44.0 Å². The number of anilines is 2. The third kappa shape index (κ3) is 4.05. The van der Waals surface area contributed by atoms with Crippen molar-refractivity contribution < 1.29 is 9.53 Å². The first-order chi connectivity index (χ1) is 15.5.